The van der Waals surface area contributed by atoms with E-state index in [4.69, 9.17) is 0 Å². The zero-order valence-electron chi connectivity index (χ0n) is 16.2. The molecule has 4 nitrogen and oxygen atoms in total. The van der Waals surface area contributed by atoms with Crippen LogP contribution in [0.1, 0.15) is 0 Å². The van der Waals surface area contributed by atoms with Crippen molar-refractivity contribution in [1.82, 2.24) is 20.2 Å². The van der Waals surface area contributed by atoms with E-state index in [9.17, 15) is 4.39 Å². The van der Waals surface area contributed by atoms with Gasteiger partial charge in [-0.05, 0) is 22.1 Å². The summed E-state index contributed by atoms with van der Waals surface area (Å²) in [7, 11) is 0. The van der Waals surface area contributed by atoms with Crippen LogP contribution < -0.4 is 0 Å². The Morgan fingerprint density at radius 2 is 1.35 bits per heavy atom. The van der Waals surface area contributed by atoms with Crippen molar-refractivity contribution >= 4 is 0 Å². The van der Waals surface area contributed by atoms with E-state index in [-0.39, 0.29) is 25.9 Å². The molecule has 4 aromatic carbocycles. The molecule has 1 aromatic heterocycles. The summed E-state index contributed by atoms with van der Waals surface area (Å²) in [4.78, 5) is 0. The van der Waals surface area contributed by atoms with E-state index in [0.29, 0.717) is 17.0 Å². The fraction of sp³-hybridized carbons (Fsp3) is 0. The minimum atomic E-state index is -0.360. The summed E-state index contributed by atoms with van der Waals surface area (Å²) in [6.07, 6.45) is 0. The molecule has 0 saturated heterocycles. The van der Waals surface area contributed by atoms with Gasteiger partial charge in [0.15, 0.2) is 0 Å². The molecule has 0 aliphatic rings. The number of halogens is 1. The van der Waals surface area contributed by atoms with E-state index >= 15 is 0 Å². The van der Waals surface area contributed by atoms with Gasteiger partial charge in [0.1, 0.15) is 5.82 Å². The Labute approximate surface area is 192 Å². The van der Waals surface area contributed by atoms with Crippen molar-refractivity contribution in [2.24, 2.45) is 0 Å². The van der Waals surface area contributed by atoms with Crippen LogP contribution in [0.25, 0.3) is 39.3 Å². The van der Waals surface area contributed by atoms with Crippen LogP contribution in [0.4, 0.5) is 4.39 Å². The Morgan fingerprint density at radius 3 is 2.06 bits per heavy atom. The molecular formula is C25H16FIrN4-. The van der Waals surface area contributed by atoms with E-state index in [1.165, 1.54) is 12.1 Å². The predicted octanol–water partition coefficient (Wildman–Crippen LogP) is 5.60. The van der Waals surface area contributed by atoms with Crippen molar-refractivity contribution in [3.8, 4) is 39.3 Å². The topological polar surface area (TPSA) is 43.6 Å². The van der Waals surface area contributed by atoms with Crippen LogP contribution in [-0.4, -0.2) is 20.2 Å². The van der Waals surface area contributed by atoms with Gasteiger partial charge in [-0.1, -0.05) is 95.6 Å². The van der Waals surface area contributed by atoms with Crippen molar-refractivity contribution in [1.29, 1.82) is 0 Å². The zero-order valence-corrected chi connectivity index (χ0v) is 18.6. The fourth-order valence-electron chi connectivity index (χ4n) is 3.53. The zero-order chi connectivity index (χ0) is 20.3. The van der Waals surface area contributed by atoms with Crippen molar-refractivity contribution < 1.29 is 24.5 Å². The van der Waals surface area contributed by atoms with Crippen molar-refractivity contribution in [3.63, 3.8) is 0 Å². The number of rotatable bonds is 4. The standard InChI is InChI=1S/C25H16FN4.Ir/c26-20-15-16-22(23(17-20)19-11-5-2-6-12-19)25-27-28-29-30(25)24-14-8-7-13-21(24)18-9-3-1-4-10-18;/h1-15,17H;/q-1;. The second-order valence-corrected chi connectivity index (χ2v) is 6.77. The van der Waals surface area contributed by atoms with Crippen LogP contribution in [0.15, 0.2) is 97.1 Å². The first-order valence-electron chi connectivity index (χ1n) is 9.51. The van der Waals surface area contributed by atoms with Gasteiger partial charge in [-0.3, -0.25) is 4.39 Å². The summed E-state index contributed by atoms with van der Waals surface area (Å²) in [5, 5.41) is 12.4. The molecule has 5 rings (SSSR count). The molecule has 0 atom stereocenters. The molecule has 153 valence electrons. The Morgan fingerprint density at radius 1 is 0.742 bits per heavy atom. The summed E-state index contributed by atoms with van der Waals surface area (Å²) in [5.74, 6) is 0.138. The molecule has 0 saturated carbocycles. The largest absolute Gasteiger partial charge is 0.265 e. The van der Waals surface area contributed by atoms with Crippen molar-refractivity contribution in [2.45, 2.75) is 0 Å². The number of benzene rings is 4. The molecule has 0 aliphatic heterocycles. The van der Waals surface area contributed by atoms with Crippen LogP contribution >= 0.6 is 0 Å². The van der Waals surface area contributed by atoms with Gasteiger partial charge in [0.25, 0.3) is 0 Å². The van der Waals surface area contributed by atoms with Crippen LogP contribution in [0, 0.1) is 11.9 Å². The SMILES string of the molecule is Fc1c[c-]c(-c2nnnn2-c2ccccc2-c2ccccc2)c(-c2ccccc2)c1.[Ir]. The summed E-state index contributed by atoms with van der Waals surface area (Å²) < 4.78 is 15.8. The van der Waals surface area contributed by atoms with Gasteiger partial charge in [0, 0.05) is 31.5 Å². The van der Waals surface area contributed by atoms with E-state index in [2.05, 4.69) is 21.6 Å². The van der Waals surface area contributed by atoms with Gasteiger partial charge in [-0.2, -0.15) is 5.10 Å². The van der Waals surface area contributed by atoms with Crippen LogP contribution in [0.5, 0.6) is 0 Å². The van der Waals surface area contributed by atoms with Gasteiger partial charge >= 0.3 is 0 Å². The first kappa shape index (κ1) is 20.8. The predicted molar refractivity (Wildman–Crippen MR) is 114 cm³/mol. The first-order chi connectivity index (χ1) is 14.8. The minimum Gasteiger partial charge on any atom is -0.265 e. The summed E-state index contributed by atoms with van der Waals surface area (Å²) in [6, 6.07) is 33.4. The average Bonchev–Trinajstić information content (AvgIpc) is 3.30. The number of nitrogens with zero attached hydrogens (tertiary/aromatic N) is 4. The molecule has 0 spiro atoms. The molecule has 1 radical (unpaired) electrons. The fourth-order valence-corrected chi connectivity index (χ4v) is 3.53. The molecule has 0 bridgehead atoms. The first-order valence-corrected chi connectivity index (χ1v) is 9.51. The Hall–Kier alpha value is -3.47. The third kappa shape index (κ3) is 4.08. The molecule has 6 heteroatoms. The smallest absolute Gasteiger partial charge is 0.104 e. The molecule has 0 aliphatic carbocycles. The molecule has 0 fully saturated rings. The van der Waals surface area contributed by atoms with Gasteiger partial charge in [0.2, 0.25) is 0 Å². The number of aromatic nitrogens is 4. The Balaban J connectivity index is 0.00000231. The maximum absolute atomic E-state index is 14.1. The molecule has 0 N–H and O–H groups in total. The Bertz CT molecular complexity index is 1300. The molecule has 1 heterocycles. The average molecular weight is 584 g/mol. The van der Waals surface area contributed by atoms with Crippen LogP contribution in [0.3, 0.4) is 0 Å². The number of tetrazole rings is 1. The maximum Gasteiger partial charge on any atom is 0.104 e. The van der Waals surface area contributed by atoms with Gasteiger partial charge in [-0.25, -0.2) is 4.68 Å². The van der Waals surface area contributed by atoms with E-state index in [1.54, 1.807) is 4.68 Å². The molecule has 0 unspecified atom stereocenters. The van der Waals surface area contributed by atoms with Crippen LogP contribution in [0.2, 0.25) is 0 Å². The van der Waals surface area contributed by atoms with Gasteiger partial charge in [0.05, 0.1) is 5.69 Å². The van der Waals surface area contributed by atoms with E-state index in [1.807, 2.05) is 84.9 Å². The number of hydrogen-bond acceptors (Lipinski definition) is 3. The second kappa shape index (κ2) is 9.13. The number of para-hydroxylation sites is 1. The third-order valence-corrected chi connectivity index (χ3v) is 4.90. The van der Waals surface area contributed by atoms with E-state index < -0.39 is 0 Å². The second-order valence-electron chi connectivity index (χ2n) is 6.77. The quantitative estimate of drug-likeness (QED) is 0.259. The summed E-state index contributed by atoms with van der Waals surface area (Å²) >= 11 is 0. The Kier molecular flexibility index (Phi) is 6.12. The normalized spacial score (nSPS) is 10.5. The molecule has 31 heavy (non-hydrogen) atoms. The minimum absolute atomic E-state index is 0. The van der Waals surface area contributed by atoms with Gasteiger partial charge < -0.3 is 0 Å². The molecule has 0 amide bonds. The van der Waals surface area contributed by atoms with Gasteiger partial charge in [-0.15, -0.1) is 18.2 Å². The van der Waals surface area contributed by atoms with Crippen molar-refractivity contribution in [2.75, 3.05) is 0 Å². The molecular weight excluding hydrogens is 568 g/mol. The third-order valence-electron chi connectivity index (χ3n) is 4.90. The van der Waals surface area contributed by atoms with Crippen molar-refractivity contribution in [3.05, 3.63) is 109 Å². The summed E-state index contributed by atoms with van der Waals surface area (Å²) in [6.45, 7) is 0. The summed E-state index contributed by atoms with van der Waals surface area (Å²) in [5.41, 5.74) is 5.07. The van der Waals surface area contributed by atoms with E-state index in [0.717, 1.165) is 22.4 Å². The van der Waals surface area contributed by atoms with Crippen LogP contribution in [-0.2, 0) is 20.1 Å². The number of hydrogen-bond donors (Lipinski definition) is 0. The molecule has 5 aromatic rings. The maximum atomic E-state index is 14.1. The monoisotopic (exact) mass is 584 g/mol.